The van der Waals surface area contributed by atoms with E-state index in [9.17, 15) is 5.11 Å². The van der Waals surface area contributed by atoms with E-state index < -0.39 is 0 Å². The summed E-state index contributed by atoms with van der Waals surface area (Å²) in [5.74, 6) is 0.888. The van der Waals surface area contributed by atoms with Crippen LogP contribution in [0.5, 0.6) is 5.75 Å². The van der Waals surface area contributed by atoms with Gasteiger partial charge in [0.2, 0.25) is 0 Å². The third-order valence-electron chi connectivity index (χ3n) is 11.8. The Labute approximate surface area is 362 Å². The maximum atomic E-state index is 12.3. The largest absolute Gasteiger partial charge is 0.507 e. The third-order valence-corrected chi connectivity index (χ3v) is 11.8. The Hall–Kier alpha value is -7.44. The molecule has 0 atom stereocenters. The van der Waals surface area contributed by atoms with Gasteiger partial charge in [0.15, 0.2) is 5.58 Å². The third kappa shape index (κ3) is 6.78. The molecule has 0 radical (unpaired) electrons. The zero-order valence-electron chi connectivity index (χ0n) is 35.9. The van der Waals surface area contributed by atoms with Crippen molar-refractivity contribution in [3.05, 3.63) is 187 Å². The number of furan rings is 1. The molecule has 10 aromatic rings. The van der Waals surface area contributed by atoms with Gasteiger partial charge >= 0.3 is 0 Å². The maximum Gasteiger partial charge on any atom is 0.161 e. The predicted molar refractivity (Wildman–Crippen MR) is 256 cm³/mol. The van der Waals surface area contributed by atoms with Crippen LogP contribution in [0.3, 0.4) is 0 Å². The van der Waals surface area contributed by atoms with Crippen molar-refractivity contribution in [2.75, 3.05) is 4.90 Å². The topological polar surface area (TPSA) is 67.3 Å². The number of nitrogens with zero attached hydrogens (tertiary/aromatic N) is 4. The smallest absolute Gasteiger partial charge is 0.161 e. The van der Waals surface area contributed by atoms with Crippen LogP contribution in [0.2, 0.25) is 0 Å². The average molecular weight is 809 g/mol. The molecule has 62 heavy (non-hydrogen) atoms. The summed E-state index contributed by atoms with van der Waals surface area (Å²) in [6, 6.07) is 60.6. The van der Waals surface area contributed by atoms with E-state index in [1.54, 1.807) is 0 Å². The number of fused-ring (bicyclic) bond motifs is 4. The monoisotopic (exact) mass is 808 g/mol. The molecule has 6 heteroatoms. The summed E-state index contributed by atoms with van der Waals surface area (Å²) in [5, 5.41) is 14.2. The van der Waals surface area contributed by atoms with Gasteiger partial charge in [0.05, 0.1) is 22.3 Å². The summed E-state index contributed by atoms with van der Waals surface area (Å²) < 4.78 is 8.91. The first-order valence-electron chi connectivity index (χ1n) is 21.2. The van der Waals surface area contributed by atoms with Gasteiger partial charge in [-0.05, 0) is 89.2 Å². The van der Waals surface area contributed by atoms with Crippen molar-refractivity contribution in [2.24, 2.45) is 0 Å². The van der Waals surface area contributed by atoms with Crippen molar-refractivity contribution in [3.63, 3.8) is 0 Å². The number of aromatic hydroxyl groups is 1. The maximum absolute atomic E-state index is 12.3. The van der Waals surface area contributed by atoms with Crippen molar-refractivity contribution in [1.29, 1.82) is 0 Å². The number of rotatable bonds is 7. The molecular formula is C56H48N4O2. The molecule has 3 heterocycles. The van der Waals surface area contributed by atoms with E-state index in [1.165, 1.54) is 0 Å². The Morgan fingerprint density at radius 1 is 0.548 bits per heavy atom. The number of phenolic OH excluding ortho intramolecular Hbond substituents is 1. The molecule has 3 aromatic heterocycles. The molecule has 0 unspecified atom stereocenters. The minimum absolute atomic E-state index is 0.176. The highest BCUT2D eigenvalue weighted by molar-refractivity contribution is 6.12. The zero-order chi connectivity index (χ0) is 42.8. The highest BCUT2D eigenvalue weighted by Crippen LogP contribution is 2.46. The molecule has 0 bridgehead atoms. The van der Waals surface area contributed by atoms with Gasteiger partial charge < -0.3 is 14.4 Å². The fourth-order valence-corrected chi connectivity index (χ4v) is 8.58. The van der Waals surface area contributed by atoms with Crippen molar-refractivity contribution in [3.8, 4) is 45.3 Å². The summed E-state index contributed by atoms with van der Waals surface area (Å²) in [6.07, 6.45) is 0. The standard InChI is InChI=1S/C56H48N4O2/c1-55(2,3)37-33-45(52(61)46(34-37)56(4,5)6)54-58-50-43(29-19-30-48(50)60(54)40-25-14-9-15-26-40)51-53-44(42-28-16-17-31-49(42)62-53)35-47(57-51)36-20-18-27-41(32-36)59(38-21-10-7-11-22-38)39-23-12-8-13-24-39/h7-35,61H,1-6H3. The molecule has 6 nitrogen and oxygen atoms in total. The Morgan fingerprint density at radius 3 is 1.85 bits per heavy atom. The number of hydrogen-bond donors (Lipinski definition) is 1. The molecule has 7 aromatic carbocycles. The van der Waals surface area contributed by atoms with Crippen LogP contribution in [0.25, 0.3) is 72.6 Å². The molecule has 0 saturated carbocycles. The summed E-state index contributed by atoms with van der Waals surface area (Å²) in [4.78, 5) is 13.3. The first kappa shape index (κ1) is 38.7. The van der Waals surface area contributed by atoms with Gasteiger partial charge in [0.25, 0.3) is 0 Å². The molecule has 0 amide bonds. The number of benzene rings is 7. The van der Waals surface area contributed by atoms with E-state index in [-0.39, 0.29) is 16.6 Å². The van der Waals surface area contributed by atoms with E-state index in [1.807, 2.05) is 48.5 Å². The van der Waals surface area contributed by atoms with Gasteiger partial charge in [-0.2, -0.15) is 0 Å². The van der Waals surface area contributed by atoms with Gasteiger partial charge in [-0.25, -0.2) is 9.97 Å². The lowest BCUT2D eigenvalue weighted by atomic mass is 9.79. The summed E-state index contributed by atoms with van der Waals surface area (Å²) in [6.45, 7) is 13.1. The summed E-state index contributed by atoms with van der Waals surface area (Å²) >= 11 is 0. The van der Waals surface area contributed by atoms with Crippen molar-refractivity contribution >= 4 is 50.0 Å². The zero-order valence-corrected chi connectivity index (χ0v) is 35.9. The summed E-state index contributed by atoms with van der Waals surface area (Å²) in [5.41, 5.74) is 12.7. The van der Waals surface area contributed by atoms with Crippen LogP contribution in [0.4, 0.5) is 17.1 Å². The molecule has 304 valence electrons. The van der Waals surface area contributed by atoms with E-state index in [4.69, 9.17) is 14.4 Å². The van der Waals surface area contributed by atoms with Gasteiger partial charge in [0, 0.05) is 50.2 Å². The van der Waals surface area contributed by atoms with Gasteiger partial charge in [-0.3, -0.25) is 4.57 Å². The number of hydrogen-bond acceptors (Lipinski definition) is 5. The van der Waals surface area contributed by atoms with Crippen LogP contribution in [0, 0.1) is 0 Å². The number of phenols is 1. The quantitative estimate of drug-likeness (QED) is 0.174. The van der Waals surface area contributed by atoms with E-state index in [0.717, 1.165) is 78.1 Å². The lowest BCUT2D eigenvalue weighted by molar-refractivity contribution is 0.446. The Balaban J connectivity index is 1.24. The minimum atomic E-state index is -0.317. The number of imidazole rings is 1. The van der Waals surface area contributed by atoms with E-state index >= 15 is 0 Å². The fraction of sp³-hybridized carbons (Fsp3) is 0.143. The molecule has 0 spiro atoms. The van der Waals surface area contributed by atoms with Gasteiger partial charge in [-0.1, -0.05) is 145 Å². The molecular weight excluding hydrogens is 761 g/mol. The lowest BCUT2D eigenvalue weighted by Crippen LogP contribution is -2.17. The Kier molecular flexibility index (Phi) is 9.33. The average Bonchev–Trinajstić information content (AvgIpc) is 3.86. The normalized spacial score (nSPS) is 12.1. The van der Waals surface area contributed by atoms with E-state index in [2.05, 4.69) is 178 Å². The van der Waals surface area contributed by atoms with Crippen molar-refractivity contribution in [1.82, 2.24) is 14.5 Å². The molecule has 0 aliphatic rings. The van der Waals surface area contributed by atoms with Gasteiger partial charge in [0.1, 0.15) is 22.9 Å². The molecule has 0 fully saturated rings. The highest BCUT2D eigenvalue weighted by atomic mass is 16.3. The van der Waals surface area contributed by atoms with Crippen LogP contribution in [0.1, 0.15) is 52.7 Å². The van der Waals surface area contributed by atoms with Crippen LogP contribution < -0.4 is 4.90 Å². The lowest BCUT2D eigenvalue weighted by Gasteiger charge is -2.27. The summed E-state index contributed by atoms with van der Waals surface area (Å²) in [7, 11) is 0. The minimum Gasteiger partial charge on any atom is -0.507 e. The van der Waals surface area contributed by atoms with Crippen LogP contribution in [-0.2, 0) is 10.8 Å². The van der Waals surface area contributed by atoms with E-state index in [0.29, 0.717) is 22.7 Å². The molecule has 10 rings (SSSR count). The number of pyridine rings is 1. The molecule has 1 N–H and O–H groups in total. The first-order valence-corrected chi connectivity index (χ1v) is 21.2. The number of anilines is 3. The molecule has 0 saturated heterocycles. The predicted octanol–water partition coefficient (Wildman–Crippen LogP) is 15.1. The second-order valence-electron chi connectivity index (χ2n) is 18.1. The second kappa shape index (κ2) is 14.9. The molecule has 0 aliphatic heterocycles. The number of para-hydroxylation sites is 5. The highest BCUT2D eigenvalue weighted by Gasteiger charge is 2.29. The number of aromatic nitrogens is 3. The van der Waals surface area contributed by atoms with Crippen LogP contribution in [0.15, 0.2) is 180 Å². The van der Waals surface area contributed by atoms with Crippen LogP contribution >= 0.6 is 0 Å². The van der Waals surface area contributed by atoms with Gasteiger partial charge in [-0.15, -0.1) is 0 Å². The SMILES string of the molecule is CC(C)(C)c1cc(-c2nc3c(-c4nc(-c5cccc(N(c6ccccc6)c6ccccc6)c5)cc5c4oc4ccccc45)cccc3n2-c2ccccc2)c(O)c(C(C)(C)C)c1. The Bertz CT molecular complexity index is 3220. The second-order valence-corrected chi connectivity index (χ2v) is 18.1. The van der Waals surface area contributed by atoms with Crippen molar-refractivity contribution < 1.29 is 9.52 Å². The van der Waals surface area contributed by atoms with Crippen LogP contribution in [-0.4, -0.2) is 19.6 Å². The first-order chi connectivity index (χ1) is 29.9. The van der Waals surface area contributed by atoms with Crippen molar-refractivity contribution in [2.45, 2.75) is 52.4 Å². The Morgan fingerprint density at radius 2 is 1.18 bits per heavy atom. The fourth-order valence-electron chi connectivity index (χ4n) is 8.58. The molecule has 0 aliphatic carbocycles.